The highest BCUT2D eigenvalue weighted by Crippen LogP contribution is 2.80. The molecule has 3 spiro atoms. The van der Waals surface area contributed by atoms with E-state index in [9.17, 15) is 25.2 Å². The van der Waals surface area contributed by atoms with Gasteiger partial charge in [0, 0.05) is 77.5 Å². The van der Waals surface area contributed by atoms with Crippen LogP contribution in [0.4, 0.5) is 0 Å². The van der Waals surface area contributed by atoms with Crippen LogP contribution in [0.1, 0.15) is 137 Å². The van der Waals surface area contributed by atoms with Gasteiger partial charge in [-0.25, -0.2) is 0 Å². The second-order valence-corrected chi connectivity index (χ2v) is 34.8. The van der Waals surface area contributed by atoms with E-state index in [1.165, 1.54) is 34.8 Å². The third-order valence-corrected chi connectivity index (χ3v) is 29.9. The zero-order valence-corrected chi connectivity index (χ0v) is 58.9. The van der Waals surface area contributed by atoms with Crippen LogP contribution in [-0.4, -0.2) is 119 Å². The number of phenols is 1. The van der Waals surface area contributed by atoms with E-state index in [2.05, 4.69) is 134 Å². The summed E-state index contributed by atoms with van der Waals surface area (Å²) in [6, 6.07) is 26.3. The number of hydrogen-bond acceptors (Lipinski definition) is 17. The number of nitrogens with one attached hydrogen (secondary N) is 5. The van der Waals surface area contributed by atoms with E-state index in [0.29, 0.717) is 77.2 Å². The molecule has 3 aromatic rings. The molecule has 8 heterocycles. The van der Waals surface area contributed by atoms with Gasteiger partial charge in [-0.15, -0.1) is 0 Å². The molecule has 3 aromatic carbocycles. The number of nitrogens with two attached hydrogens (primary N) is 2. The Morgan fingerprint density at radius 3 is 2.61 bits per heavy atom. The number of piperidine rings is 1. The lowest BCUT2D eigenvalue weighted by Crippen LogP contribution is -2.60. The van der Waals surface area contributed by atoms with Gasteiger partial charge in [0.15, 0.2) is 24.1 Å². The van der Waals surface area contributed by atoms with Crippen LogP contribution in [0, 0.1) is 86.9 Å². The summed E-state index contributed by atoms with van der Waals surface area (Å²) in [4.78, 5) is 34.8. The van der Waals surface area contributed by atoms with E-state index in [0.717, 1.165) is 145 Å². The molecule has 7 fully saturated rings. The lowest BCUT2D eigenvalue weighted by atomic mass is 9.46. The summed E-state index contributed by atoms with van der Waals surface area (Å²) >= 11 is 0. The lowest BCUT2D eigenvalue weighted by Gasteiger charge is -2.60. The van der Waals surface area contributed by atoms with E-state index in [4.69, 9.17) is 21.2 Å². The number of guanidine groups is 1. The maximum Gasteiger partial charge on any atom is 0.202 e. The molecule has 18 rings (SSSR count). The molecule has 15 nitrogen and oxygen atoms in total. The Labute approximate surface area is 592 Å². The zero-order valence-electron chi connectivity index (χ0n) is 57.3. The molecule has 8 aliphatic heterocycles. The molecule has 524 valence electrons. The minimum atomic E-state index is -0.712. The van der Waals surface area contributed by atoms with E-state index in [1.54, 1.807) is 12.1 Å². The Morgan fingerprint density at radius 1 is 0.899 bits per heavy atom. The largest absolute Gasteiger partial charge is 0.504 e. The van der Waals surface area contributed by atoms with Crippen LogP contribution < -0.4 is 42.8 Å². The molecule has 99 heavy (non-hydrogen) atoms. The summed E-state index contributed by atoms with van der Waals surface area (Å²) in [7, 11) is 4.00. The fourth-order valence-electron chi connectivity index (χ4n) is 23.7. The summed E-state index contributed by atoms with van der Waals surface area (Å²) in [5.74, 6) is 7.22. The zero-order chi connectivity index (χ0) is 67.6. The highest BCUT2D eigenvalue weighted by atomic mass is 33.1. The van der Waals surface area contributed by atoms with Gasteiger partial charge >= 0.3 is 0 Å². The van der Waals surface area contributed by atoms with E-state index < -0.39 is 31.5 Å². The topological polar surface area (TPSA) is 249 Å². The number of carbonyl (C=O) groups excluding carboxylic acids is 2. The molecule has 7 aliphatic carbocycles. The Kier molecular flexibility index (Phi) is 19.1. The fourth-order valence-corrected chi connectivity index (χ4v) is 26.7. The number of rotatable bonds is 10. The molecule has 7 bridgehead atoms. The van der Waals surface area contributed by atoms with Gasteiger partial charge in [0.25, 0.3) is 0 Å². The number of benzene rings is 3. The van der Waals surface area contributed by atoms with Crippen molar-refractivity contribution in [3.8, 4) is 23.5 Å². The number of aromatic hydroxyl groups is 1. The van der Waals surface area contributed by atoms with Crippen LogP contribution in [0.2, 0.25) is 0 Å². The summed E-state index contributed by atoms with van der Waals surface area (Å²) in [6.07, 6.45) is 32.3. The van der Waals surface area contributed by atoms with Gasteiger partial charge in [-0.1, -0.05) is 125 Å². The number of dihydropyridines is 1. The Morgan fingerprint density at radius 2 is 1.75 bits per heavy atom. The molecule has 1 saturated heterocycles. The van der Waals surface area contributed by atoms with Crippen molar-refractivity contribution in [1.82, 2.24) is 26.6 Å². The highest BCUT2D eigenvalue weighted by Gasteiger charge is 2.77. The first-order valence-electron chi connectivity index (χ1n) is 37.6. The molecular formula is C82H102N8O7S2. The number of aliphatic hydroxyl groups is 3. The van der Waals surface area contributed by atoms with E-state index in [1.807, 2.05) is 17.0 Å². The summed E-state index contributed by atoms with van der Waals surface area (Å²) < 4.78 is 5.60. The molecular weight excluding hydrogens is 1270 g/mol. The number of aryl methyl sites for hydroxylation is 2. The number of phenolic OH excluding ortho intramolecular Hbond substituents is 1. The van der Waals surface area contributed by atoms with Crippen molar-refractivity contribution in [3.63, 3.8) is 0 Å². The number of ether oxygens (including phenoxy) is 1. The molecule has 17 heteroatoms. The van der Waals surface area contributed by atoms with Crippen LogP contribution in [-0.2, 0) is 35.3 Å². The molecule has 0 radical (unpaired) electrons. The molecule has 18 atom stereocenters. The lowest BCUT2D eigenvalue weighted by molar-refractivity contribution is -0.126. The SMILES string of the molecule is NC1=NC#CC2CSSCC34C5=C6C=CC7(CCCC7)C(O)C6NC6CC7(CC8C9CCNCC9CC9C=CCNC98)CC(CCC7C63CCC4CC(C5)N1)CC(=O)CC(=O)C=C(CO)c1cc(OCO)c(O)cc1CC1=CNC(N)C=C1C2Cc1cccc(CCc2ccccc2)c1. The molecule has 15 aliphatic rings. The average Bonchev–Trinajstić information content (AvgIpc) is 1.49. The predicted octanol–water partition coefficient (Wildman–Crippen LogP) is 10.0. The number of Topliss-reactive ketones (excluding diaryl/α,β-unsaturated/α-hetero) is 1. The number of carbonyl (C=O) groups is 2. The first-order chi connectivity index (χ1) is 48.3. The second kappa shape index (κ2) is 28.0. The quantitative estimate of drug-likeness (QED) is 0.0297. The monoisotopic (exact) mass is 1370 g/mol. The van der Waals surface area contributed by atoms with Crippen molar-refractivity contribution in [1.29, 1.82) is 0 Å². The number of allylic oxidation sites excluding steroid dienone is 3. The smallest absolute Gasteiger partial charge is 0.202 e. The average molecular weight is 1380 g/mol. The predicted molar refractivity (Wildman–Crippen MR) is 393 cm³/mol. The minimum absolute atomic E-state index is 0.00189. The van der Waals surface area contributed by atoms with Crippen LogP contribution in [0.5, 0.6) is 11.5 Å². The van der Waals surface area contributed by atoms with E-state index in [-0.39, 0.29) is 93.2 Å². The first-order valence-corrected chi connectivity index (χ1v) is 40.1. The Balaban J connectivity index is 0.867. The van der Waals surface area contributed by atoms with Crippen LogP contribution in [0.3, 0.4) is 0 Å². The van der Waals surface area contributed by atoms with Gasteiger partial charge < -0.3 is 63.2 Å². The van der Waals surface area contributed by atoms with Crippen LogP contribution in [0.25, 0.3) is 5.57 Å². The third-order valence-electron chi connectivity index (χ3n) is 27.4. The van der Waals surface area contributed by atoms with Crippen molar-refractivity contribution in [2.75, 3.05) is 44.5 Å². The Bertz CT molecular complexity index is 3890. The number of fused-ring (bicyclic) bond motifs is 10. The molecule has 0 amide bonds. The van der Waals surface area contributed by atoms with Crippen molar-refractivity contribution >= 4 is 44.7 Å². The highest BCUT2D eigenvalue weighted by molar-refractivity contribution is 8.76. The summed E-state index contributed by atoms with van der Waals surface area (Å²) in [6.45, 7) is 1.71. The third kappa shape index (κ3) is 12.4. The van der Waals surface area contributed by atoms with Crippen molar-refractivity contribution < 1.29 is 34.8 Å². The van der Waals surface area contributed by atoms with Crippen molar-refractivity contribution in [3.05, 3.63) is 159 Å². The maximum absolute atomic E-state index is 15.1. The van der Waals surface area contributed by atoms with Crippen LogP contribution >= 0.6 is 21.6 Å². The number of hydrogen-bond donors (Lipinski definition) is 11. The Hall–Kier alpha value is -5.91. The number of nitrogens with zero attached hydrogens (tertiary/aromatic N) is 1. The normalized spacial score (nSPS) is 37.6. The first kappa shape index (κ1) is 67.6. The standard InChI is InChI=1S/C82H102N8O7S2/c83-74-39-67-57(44-88-74)32-55-34-70(95)71(97-48-92)38-65(55)58(45-91)33-62(94)37-61(93)29-52-15-16-72-80(40-52,41-68-63-20-26-85-43-56(63)31-53-12-7-25-86-75(53)68)42-73-81(72)24-17-59-35-60-36-69(64-18-23-79(21-4-5-22-79)77(96)76(64)90-73)82(59,81)47-99-98-46-54(19-27-87-78(84)89-60)66(67)30-51-11-6-10-50(28-51)14-13-49-8-2-1-3-9-49/h1-3,6-12,18,23,28,33-34,38-39,44,52-54,56,59-60,63,66,68,72-77,85-86,88,90-92,95-96H,4-5,13-17,20-22,24-26,29-32,35-37,40-43,45-48,83H2,(H3,84,87,89). The second-order valence-electron chi connectivity index (χ2n) is 32.3. The molecule has 13 N–H and O–H groups in total. The van der Waals surface area contributed by atoms with Crippen molar-refractivity contribution in [2.45, 2.75) is 171 Å². The molecule has 6 saturated carbocycles. The fraction of sp³-hybridized carbons (Fsp3) is 0.573. The van der Waals surface area contributed by atoms with Gasteiger partial charge in [0.2, 0.25) is 5.96 Å². The van der Waals surface area contributed by atoms with Gasteiger partial charge in [0.1, 0.15) is 5.78 Å². The van der Waals surface area contributed by atoms with Crippen LogP contribution in [0.15, 0.2) is 137 Å². The van der Waals surface area contributed by atoms with Gasteiger partial charge in [-0.2, -0.15) is 4.99 Å². The maximum atomic E-state index is 15.1. The van der Waals surface area contributed by atoms with Crippen molar-refractivity contribution in [2.24, 2.45) is 91.4 Å². The summed E-state index contributed by atoms with van der Waals surface area (Å²) in [5, 5.41) is 66.7. The van der Waals surface area contributed by atoms with Gasteiger partial charge in [-0.3, -0.25) is 9.59 Å². The van der Waals surface area contributed by atoms with Gasteiger partial charge in [-0.05, 0) is 249 Å². The molecule has 0 aromatic heterocycles. The number of ketones is 2. The number of aliphatic hydroxyl groups excluding tert-OH is 3. The van der Waals surface area contributed by atoms with Gasteiger partial charge in [0.05, 0.1) is 31.3 Å². The molecule has 18 unspecified atom stereocenters. The van der Waals surface area contributed by atoms with E-state index >= 15 is 4.79 Å². The summed E-state index contributed by atoms with van der Waals surface area (Å²) in [5.41, 5.74) is 23.1. The number of aliphatic imine (C=N–C) groups is 1. The minimum Gasteiger partial charge on any atom is -0.504 e.